The zero-order valence-electron chi connectivity index (χ0n) is 10.4. The lowest BCUT2D eigenvalue weighted by Crippen LogP contribution is -2.42. The van der Waals surface area contributed by atoms with Gasteiger partial charge in [0.15, 0.2) is 5.60 Å². The Hall–Kier alpha value is -1.03. The number of aryl methyl sites for hydroxylation is 3. The molecule has 0 heterocycles. The predicted molar refractivity (Wildman–Crippen MR) is 60.9 cm³/mol. The van der Waals surface area contributed by atoms with Crippen LogP contribution in [-0.2, 0) is 5.60 Å². The molecule has 1 aromatic carbocycles. The molecule has 0 aliphatic heterocycles. The lowest BCUT2D eigenvalue weighted by molar-refractivity contribution is -0.268. The van der Waals surface area contributed by atoms with E-state index in [4.69, 9.17) is 0 Å². The molecule has 4 heteroatoms. The van der Waals surface area contributed by atoms with E-state index in [9.17, 15) is 18.3 Å². The molecule has 1 N–H and O–H groups in total. The van der Waals surface area contributed by atoms with E-state index in [0.29, 0.717) is 11.1 Å². The number of hydrogen-bond acceptors (Lipinski definition) is 1. The van der Waals surface area contributed by atoms with Crippen LogP contribution in [0.4, 0.5) is 13.2 Å². The van der Waals surface area contributed by atoms with Gasteiger partial charge in [-0.1, -0.05) is 24.6 Å². The predicted octanol–water partition coefficient (Wildman–Crippen LogP) is 3.77. The quantitative estimate of drug-likeness (QED) is 0.842. The number of benzene rings is 1. The SMILES string of the molecule is CCC(O)(c1c(C)cc(C)cc1C)C(F)(F)F. The summed E-state index contributed by atoms with van der Waals surface area (Å²) in [5.74, 6) is 0. The number of rotatable bonds is 2. The van der Waals surface area contributed by atoms with Gasteiger partial charge in [-0.15, -0.1) is 0 Å². The van der Waals surface area contributed by atoms with Gasteiger partial charge in [0.2, 0.25) is 0 Å². The van der Waals surface area contributed by atoms with Gasteiger partial charge >= 0.3 is 6.18 Å². The molecule has 0 saturated heterocycles. The van der Waals surface area contributed by atoms with Crippen LogP contribution in [0.25, 0.3) is 0 Å². The van der Waals surface area contributed by atoms with E-state index in [-0.39, 0.29) is 12.0 Å². The van der Waals surface area contributed by atoms with Gasteiger partial charge in [0.1, 0.15) is 0 Å². The van der Waals surface area contributed by atoms with Crippen molar-refractivity contribution in [1.29, 1.82) is 0 Å². The third-order valence-corrected chi connectivity index (χ3v) is 3.07. The molecule has 0 spiro atoms. The van der Waals surface area contributed by atoms with Crippen LogP contribution in [0.5, 0.6) is 0 Å². The maximum Gasteiger partial charge on any atom is 0.421 e. The van der Waals surface area contributed by atoms with Gasteiger partial charge in [0.25, 0.3) is 0 Å². The molecule has 0 radical (unpaired) electrons. The molecule has 1 unspecified atom stereocenters. The Bertz CT molecular complexity index is 400. The molecule has 0 aliphatic carbocycles. The second-order valence-corrected chi connectivity index (χ2v) is 4.49. The highest BCUT2D eigenvalue weighted by Gasteiger charge is 2.54. The first-order chi connectivity index (χ1) is 7.63. The van der Waals surface area contributed by atoms with Crippen LogP contribution in [0.1, 0.15) is 35.6 Å². The van der Waals surface area contributed by atoms with E-state index < -0.39 is 11.8 Å². The van der Waals surface area contributed by atoms with Gasteiger partial charge in [0, 0.05) is 0 Å². The summed E-state index contributed by atoms with van der Waals surface area (Å²) >= 11 is 0. The molecule has 1 nitrogen and oxygen atoms in total. The first kappa shape index (κ1) is 14.0. The summed E-state index contributed by atoms with van der Waals surface area (Å²) in [6.07, 6.45) is -5.05. The first-order valence-electron chi connectivity index (χ1n) is 5.51. The summed E-state index contributed by atoms with van der Waals surface area (Å²) in [5.41, 5.74) is -0.926. The first-order valence-corrected chi connectivity index (χ1v) is 5.51. The standard InChI is InChI=1S/C13H17F3O/c1-5-12(17,13(14,15)16)11-9(3)6-8(2)7-10(11)4/h6-7,17H,5H2,1-4H3. The zero-order chi connectivity index (χ0) is 13.4. The van der Waals surface area contributed by atoms with Crippen LogP contribution in [0.15, 0.2) is 12.1 Å². The average molecular weight is 246 g/mol. The highest BCUT2D eigenvalue weighted by Crippen LogP contribution is 2.44. The molecule has 0 saturated carbocycles. The van der Waals surface area contributed by atoms with E-state index in [1.165, 1.54) is 6.92 Å². The lowest BCUT2D eigenvalue weighted by Gasteiger charge is -2.32. The minimum atomic E-state index is -4.66. The molecule has 0 aromatic heterocycles. The van der Waals surface area contributed by atoms with Gasteiger partial charge in [-0.3, -0.25) is 0 Å². The molecule has 1 rings (SSSR count). The van der Waals surface area contributed by atoms with Gasteiger partial charge in [-0.05, 0) is 43.9 Å². The fraction of sp³-hybridized carbons (Fsp3) is 0.538. The summed E-state index contributed by atoms with van der Waals surface area (Å²) in [7, 11) is 0. The lowest BCUT2D eigenvalue weighted by atomic mass is 9.83. The fourth-order valence-corrected chi connectivity index (χ4v) is 2.35. The van der Waals surface area contributed by atoms with E-state index in [2.05, 4.69) is 0 Å². The van der Waals surface area contributed by atoms with Crippen molar-refractivity contribution in [1.82, 2.24) is 0 Å². The Morgan fingerprint density at radius 2 is 1.47 bits per heavy atom. The van der Waals surface area contributed by atoms with Crippen LogP contribution in [0, 0.1) is 20.8 Å². The minimum absolute atomic E-state index is 0.0156. The largest absolute Gasteiger partial charge is 0.421 e. The number of halogens is 3. The summed E-state index contributed by atoms with van der Waals surface area (Å²) in [4.78, 5) is 0. The molecule has 1 aromatic rings. The third kappa shape index (κ3) is 2.32. The van der Waals surface area contributed by atoms with Gasteiger partial charge in [0.05, 0.1) is 0 Å². The maximum atomic E-state index is 13.0. The monoisotopic (exact) mass is 246 g/mol. The fourth-order valence-electron chi connectivity index (χ4n) is 2.35. The van der Waals surface area contributed by atoms with E-state index in [0.717, 1.165) is 5.56 Å². The van der Waals surface area contributed by atoms with Crippen molar-refractivity contribution >= 4 is 0 Å². The molecule has 0 bridgehead atoms. The third-order valence-electron chi connectivity index (χ3n) is 3.07. The zero-order valence-corrected chi connectivity index (χ0v) is 10.4. The molecule has 0 fully saturated rings. The van der Waals surface area contributed by atoms with Gasteiger partial charge in [-0.25, -0.2) is 0 Å². The van der Waals surface area contributed by atoms with Crippen LogP contribution in [-0.4, -0.2) is 11.3 Å². The Kier molecular flexibility index (Phi) is 3.58. The summed E-state index contributed by atoms with van der Waals surface area (Å²) in [5, 5.41) is 9.96. The second-order valence-electron chi connectivity index (χ2n) is 4.49. The molecule has 0 amide bonds. The molecular weight excluding hydrogens is 229 g/mol. The smallest absolute Gasteiger partial charge is 0.376 e. The number of aliphatic hydroxyl groups is 1. The van der Waals surface area contributed by atoms with E-state index in [1.807, 2.05) is 6.92 Å². The van der Waals surface area contributed by atoms with Crippen molar-refractivity contribution < 1.29 is 18.3 Å². The van der Waals surface area contributed by atoms with Crippen molar-refractivity contribution in [2.45, 2.75) is 45.9 Å². The summed E-state index contributed by atoms with van der Waals surface area (Å²) < 4.78 is 39.0. The van der Waals surface area contributed by atoms with E-state index >= 15 is 0 Å². The van der Waals surface area contributed by atoms with Gasteiger partial charge < -0.3 is 5.11 Å². The Morgan fingerprint density at radius 3 is 1.76 bits per heavy atom. The topological polar surface area (TPSA) is 20.2 Å². The van der Waals surface area contributed by atoms with Crippen molar-refractivity contribution in [2.75, 3.05) is 0 Å². The molecule has 96 valence electrons. The summed E-state index contributed by atoms with van der Waals surface area (Å²) in [6, 6.07) is 3.32. The summed E-state index contributed by atoms with van der Waals surface area (Å²) in [6.45, 7) is 6.36. The molecule has 0 aliphatic rings. The highest BCUT2D eigenvalue weighted by molar-refractivity contribution is 5.42. The Morgan fingerprint density at radius 1 is 1.06 bits per heavy atom. The van der Waals surface area contributed by atoms with Crippen molar-refractivity contribution in [3.8, 4) is 0 Å². The van der Waals surface area contributed by atoms with Crippen LogP contribution < -0.4 is 0 Å². The van der Waals surface area contributed by atoms with Crippen LogP contribution >= 0.6 is 0 Å². The van der Waals surface area contributed by atoms with Crippen molar-refractivity contribution in [3.63, 3.8) is 0 Å². The van der Waals surface area contributed by atoms with Crippen LogP contribution in [0.3, 0.4) is 0 Å². The molecule has 1 atom stereocenters. The van der Waals surface area contributed by atoms with Crippen molar-refractivity contribution in [2.24, 2.45) is 0 Å². The normalized spacial score (nSPS) is 15.8. The van der Waals surface area contributed by atoms with Crippen molar-refractivity contribution in [3.05, 3.63) is 34.4 Å². The molecule has 17 heavy (non-hydrogen) atoms. The Balaban J connectivity index is 3.51. The second kappa shape index (κ2) is 4.33. The average Bonchev–Trinajstić information content (AvgIpc) is 2.13. The maximum absolute atomic E-state index is 13.0. The van der Waals surface area contributed by atoms with E-state index in [1.54, 1.807) is 26.0 Å². The Labute approximate surface area is 99.3 Å². The number of hydrogen-bond donors (Lipinski definition) is 1. The minimum Gasteiger partial charge on any atom is -0.376 e. The van der Waals surface area contributed by atoms with Gasteiger partial charge in [-0.2, -0.15) is 13.2 Å². The van der Waals surface area contributed by atoms with Crippen LogP contribution in [0.2, 0.25) is 0 Å². The highest BCUT2D eigenvalue weighted by atomic mass is 19.4. The molecular formula is C13H17F3O. The number of alkyl halides is 3.